The van der Waals surface area contributed by atoms with E-state index in [2.05, 4.69) is 12.2 Å². The third-order valence-electron chi connectivity index (χ3n) is 1.34. The Morgan fingerprint density at radius 1 is 1.50 bits per heavy atom. The smallest absolute Gasteiger partial charge is 0.120 e. The molecular formula is C6H14Cl2N2. The van der Waals surface area contributed by atoms with Gasteiger partial charge in [-0.25, -0.2) is 0 Å². The molecule has 1 atom stereocenters. The molecule has 3 N–H and O–H groups in total. The van der Waals surface area contributed by atoms with Crippen LogP contribution in [0.3, 0.4) is 0 Å². The molecule has 0 aromatic carbocycles. The maximum Gasteiger partial charge on any atom is 0.120 e. The minimum Gasteiger partial charge on any atom is -0.329 e. The SMILES string of the molecule is CC[C@H](CN)NCC(Cl)Cl. The monoisotopic (exact) mass is 184 g/mol. The van der Waals surface area contributed by atoms with Crippen LogP contribution >= 0.6 is 23.2 Å². The molecule has 0 spiro atoms. The third-order valence-corrected chi connectivity index (χ3v) is 1.65. The first kappa shape index (κ1) is 10.5. The summed E-state index contributed by atoms with van der Waals surface area (Å²) in [6.07, 6.45) is 1.01. The Balaban J connectivity index is 3.26. The van der Waals surface area contributed by atoms with Gasteiger partial charge in [0.25, 0.3) is 0 Å². The molecule has 0 rings (SSSR count). The number of nitrogens with one attached hydrogen (secondary N) is 1. The first-order chi connectivity index (χ1) is 4.70. The van der Waals surface area contributed by atoms with E-state index in [9.17, 15) is 0 Å². The molecule has 0 aliphatic heterocycles. The van der Waals surface area contributed by atoms with Crippen LogP contribution in [-0.4, -0.2) is 24.0 Å². The second-order valence-electron chi connectivity index (χ2n) is 2.14. The molecule has 0 amide bonds. The predicted molar refractivity (Wildman–Crippen MR) is 46.6 cm³/mol. The van der Waals surface area contributed by atoms with E-state index in [0.29, 0.717) is 19.1 Å². The fraction of sp³-hybridized carbons (Fsp3) is 1.00. The lowest BCUT2D eigenvalue weighted by atomic mass is 10.2. The molecule has 0 bridgehead atoms. The van der Waals surface area contributed by atoms with Crippen molar-refractivity contribution in [2.45, 2.75) is 24.2 Å². The van der Waals surface area contributed by atoms with Crippen LogP contribution in [0.2, 0.25) is 0 Å². The van der Waals surface area contributed by atoms with Crippen LogP contribution in [0.1, 0.15) is 13.3 Å². The lowest BCUT2D eigenvalue weighted by molar-refractivity contribution is 0.518. The average Bonchev–Trinajstić information content (AvgIpc) is 1.90. The topological polar surface area (TPSA) is 38.0 Å². The van der Waals surface area contributed by atoms with Crippen LogP contribution in [-0.2, 0) is 0 Å². The van der Waals surface area contributed by atoms with E-state index in [0.717, 1.165) is 6.42 Å². The molecule has 4 heteroatoms. The van der Waals surface area contributed by atoms with Crippen LogP contribution < -0.4 is 11.1 Å². The summed E-state index contributed by atoms with van der Waals surface area (Å²) in [6, 6.07) is 0.347. The molecule has 0 aromatic rings. The van der Waals surface area contributed by atoms with Gasteiger partial charge in [-0.2, -0.15) is 0 Å². The van der Waals surface area contributed by atoms with Crippen molar-refractivity contribution in [3.8, 4) is 0 Å². The number of nitrogens with two attached hydrogens (primary N) is 1. The van der Waals surface area contributed by atoms with E-state index < -0.39 is 0 Å². The lowest BCUT2D eigenvalue weighted by Crippen LogP contribution is -2.37. The van der Waals surface area contributed by atoms with Crippen LogP contribution in [0.15, 0.2) is 0 Å². The average molecular weight is 185 g/mol. The molecule has 0 radical (unpaired) electrons. The highest BCUT2D eigenvalue weighted by Gasteiger charge is 2.04. The zero-order valence-electron chi connectivity index (χ0n) is 6.11. The first-order valence-corrected chi connectivity index (χ1v) is 4.29. The Morgan fingerprint density at radius 2 is 2.10 bits per heavy atom. The summed E-state index contributed by atoms with van der Waals surface area (Å²) in [5.74, 6) is 0. The van der Waals surface area contributed by atoms with E-state index in [1.165, 1.54) is 0 Å². The molecule has 0 aliphatic rings. The second-order valence-corrected chi connectivity index (χ2v) is 3.42. The molecule has 0 fully saturated rings. The van der Waals surface area contributed by atoms with Gasteiger partial charge in [0.2, 0.25) is 0 Å². The first-order valence-electron chi connectivity index (χ1n) is 3.42. The standard InChI is InChI=1S/C6H14Cl2N2/c1-2-5(3-9)10-4-6(7)8/h5-6,10H,2-4,9H2,1H3/t5-/m1/s1. The minimum atomic E-state index is -0.333. The largest absolute Gasteiger partial charge is 0.329 e. The summed E-state index contributed by atoms with van der Waals surface area (Å²) in [7, 11) is 0. The van der Waals surface area contributed by atoms with Crippen molar-refractivity contribution in [1.29, 1.82) is 0 Å². The quantitative estimate of drug-likeness (QED) is 0.630. The Kier molecular flexibility index (Phi) is 6.54. The number of hydrogen-bond donors (Lipinski definition) is 2. The third kappa shape index (κ3) is 5.30. The van der Waals surface area contributed by atoms with Gasteiger partial charge in [0.1, 0.15) is 4.84 Å². The van der Waals surface area contributed by atoms with Crippen LogP contribution in [0.4, 0.5) is 0 Å². The predicted octanol–water partition coefficient (Wildman–Crippen LogP) is 1.12. The summed E-state index contributed by atoms with van der Waals surface area (Å²) in [4.78, 5) is -0.333. The van der Waals surface area contributed by atoms with Crippen molar-refractivity contribution in [2.75, 3.05) is 13.1 Å². The molecule has 0 aliphatic carbocycles. The van der Waals surface area contributed by atoms with Crippen LogP contribution in [0, 0.1) is 0 Å². The molecule has 2 nitrogen and oxygen atoms in total. The molecule has 62 valence electrons. The number of hydrogen-bond acceptors (Lipinski definition) is 2. The van der Waals surface area contributed by atoms with E-state index in [1.807, 2.05) is 0 Å². The van der Waals surface area contributed by atoms with Gasteiger partial charge in [-0.15, -0.1) is 23.2 Å². The van der Waals surface area contributed by atoms with E-state index in [4.69, 9.17) is 28.9 Å². The Morgan fingerprint density at radius 3 is 2.40 bits per heavy atom. The second kappa shape index (κ2) is 6.23. The summed E-state index contributed by atoms with van der Waals surface area (Å²) < 4.78 is 0. The van der Waals surface area contributed by atoms with Gasteiger partial charge >= 0.3 is 0 Å². The van der Waals surface area contributed by atoms with E-state index >= 15 is 0 Å². The molecule has 0 aromatic heterocycles. The van der Waals surface area contributed by atoms with Crippen molar-refractivity contribution in [2.24, 2.45) is 5.73 Å². The molecule has 0 saturated heterocycles. The number of rotatable bonds is 5. The van der Waals surface area contributed by atoms with Crippen LogP contribution in [0.5, 0.6) is 0 Å². The maximum atomic E-state index is 5.50. The Hall–Kier alpha value is 0.500. The Labute approximate surface area is 72.1 Å². The zero-order chi connectivity index (χ0) is 7.98. The van der Waals surface area contributed by atoms with Crippen molar-refractivity contribution in [3.63, 3.8) is 0 Å². The van der Waals surface area contributed by atoms with Gasteiger partial charge in [-0.3, -0.25) is 0 Å². The summed E-state index contributed by atoms with van der Waals surface area (Å²) in [6.45, 7) is 3.32. The lowest BCUT2D eigenvalue weighted by Gasteiger charge is -2.14. The number of alkyl halides is 2. The highest BCUT2D eigenvalue weighted by atomic mass is 35.5. The zero-order valence-corrected chi connectivity index (χ0v) is 7.62. The van der Waals surface area contributed by atoms with E-state index in [-0.39, 0.29) is 4.84 Å². The maximum absolute atomic E-state index is 5.50. The van der Waals surface area contributed by atoms with Gasteiger partial charge in [-0.1, -0.05) is 6.92 Å². The van der Waals surface area contributed by atoms with Gasteiger partial charge < -0.3 is 11.1 Å². The van der Waals surface area contributed by atoms with Crippen molar-refractivity contribution >= 4 is 23.2 Å². The highest BCUT2D eigenvalue weighted by molar-refractivity contribution is 6.44. The molecular weight excluding hydrogens is 171 g/mol. The van der Waals surface area contributed by atoms with Gasteiger partial charge in [-0.05, 0) is 6.42 Å². The van der Waals surface area contributed by atoms with Crippen molar-refractivity contribution in [3.05, 3.63) is 0 Å². The fourth-order valence-corrected chi connectivity index (χ4v) is 0.828. The van der Waals surface area contributed by atoms with Gasteiger partial charge in [0, 0.05) is 19.1 Å². The normalized spacial score (nSPS) is 14.1. The van der Waals surface area contributed by atoms with E-state index in [1.54, 1.807) is 0 Å². The molecule has 0 heterocycles. The van der Waals surface area contributed by atoms with Crippen LogP contribution in [0.25, 0.3) is 0 Å². The number of halogens is 2. The molecule has 0 unspecified atom stereocenters. The molecule has 0 saturated carbocycles. The van der Waals surface area contributed by atoms with Crippen molar-refractivity contribution in [1.82, 2.24) is 5.32 Å². The fourth-order valence-electron chi connectivity index (χ4n) is 0.650. The molecule has 10 heavy (non-hydrogen) atoms. The minimum absolute atomic E-state index is 0.333. The highest BCUT2D eigenvalue weighted by Crippen LogP contribution is 1.99. The summed E-state index contributed by atoms with van der Waals surface area (Å²) >= 11 is 11.0. The summed E-state index contributed by atoms with van der Waals surface area (Å²) in [5, 5.41) is 3.13. The van der Waals surface area contributed by atoms with Gasteiger partial charge in [0.05, 0.1) is 0 Å². The van der Waals surface area contributed by atoms with Crippen molar-refractivity contribution < 1.29 is 0 Å². The summed E-state index contributed by atoms with van der Waals surface area (Å²) in [5.41, 5.74) is 5.42. The van der Waals surface area contributed by atoms with Gasteiger partial charge in [0.15, 0.2) is 0 Å². The Bertz CT molecular complexity index is 74.1.